The van der Waals surface area contributed by atoms with E-state index in [0.717, 1.165) is 0 Å². The first-order valence-corrected chi connectivity index (χ1v) is 6.92. The van der Waals surface area contributed by atoms with Crippen molar-refractivity contribution >= 4 is 5.97 Å². The summed E-state index contributed by atoms with van der Waals surface area (Å²) in [4.78, 5) is 12.1. The Balaban J connectivity index is 2.07. The number of benzene rings is 1. The molecule has 0 aliphatic heterocycles. The second-order valence-electron chi connectivity index (χ2n) is 5.11. The quantitative estimate of drug-likeness (QED) is 0.624. The lowest BCUT2D eigenvalue weighted by Crippen LogP contribution is -2.36. The number of carbonyl (C=O) groups is 1. The van der Waals surface area contributed by atoms with Gasteiger partial charge in [0.25, 0.3) is 0 Å². The Kier molecular flexibility index (Phi) is 4.88. The van der Waals surface area contributed by atoms with Crippen LogP contribution in [0.4, 0.5) is 13.2 Å². The first kappa shape index (κ1) is 15.8. The molecule has 1 aromatic carbocycles. The Bertz CT molecular complexity index is 473. The van der Waals surface area contributed by atoms with E-state index in [9.17, 15) is 18.0 Å². The van der Waals surface area contributed by atoms with E-state index in [4.69, 9.17) is 4.74 Å². The third kappa shape index (κ3) is 4.20. The van der Waals surface area contributed by atoms with Gasteiger partial charge in [-0.2, -0.15) is 0 Å². The van der Waals surface area contributed by atoms with Gasteiger partial charge in [0.2, 0.25) is 0 Å². The summed E-state index contributed by atoms with van der Waals surface area (Å²) >= 11 is 0. The first-order chi connectivity index (χ1) is 9.90. The topological polar surface area (TPSA) is 35.5 Å². The van der Waals surface area contributed by atoms with Gasteiger partial charge in [-0.05, 0) is 30.9 Å². The lowest BCUT2D eigenvalue weighted by molar-refractivity contribution is -0.350. The van der Waals surface area contributed by atoms with Crippen LogP contribution < -0.4 is 4.74 Å². The number of para-hydroxylation sites is 1. The van der Waals surface area contributed by atoms with Crippen LogP contribution in [0.2, 0.25) is 0 Å². The van der Waals surface area contributed by atoms with Gasteiger partial charge < -0.3 is 4.74 Å². The molecular weight excluding hydrogens is 285 g/mol. The van der Waals surface area contributed by atoms with Crippen LogP contribution in [0, 0.1) is 11.8 Å². The highest BCUT2D eigenvalue weighted by Crippen LogP contribution is 2.39. The van der Waals surface area contributed by atoms with Crippen LogP contribution in [0.1, 0.15) is 26.2 Å². The van der Waals surface area contributed by atoms with E-state index in [-0.39, 0.29) is 5.92 Å². The van der Waals surface area contributed by atoms with Crippen molar-refractivity contribution in [1.82, 2.24) is 0 Å². The lowest BCUT2D eigenvalue weighted by atomic mass is 9.98. The smallest absolute Gasteiger partial charge is 0.426 e. The summed E-state index contributed by atoms with van der Waals surface area (Å²) in [5.41, 5.74) is 0. The average molecular weight is 302 g/mol. The normalized spacial score (nSPS) is 25.8. The summed E-state index contributed by atoms with van der Waals surface area (Å²) < 4.78 is 46.8. The maximum atomic E-state index is 12.5. The molecule has 1 aliphatic carbocycles. The van der Waals surface area contributed by atoms with E-state index in [1.165, 1.54) is 0 Å². The zero-order valence-corrected chi connectivity index (χ0v) is 11.6. The molecule has 1 fully saturated rings. The molecular formula is C15H17F3O3. The molecule has 6 heteroatoms. The molecule has 0 spiro atoms. The van der Waals surface area contributed by atoms with Crippen LogP contribution in [-0.4, -0.2) is 18.4 Å². The molecule has 0 saturated heterocycles. The summed E-state index contributed by atoms with van der Waals surface area (Å²) in [5.74, 6) is -1.49. The number of hydrogen-bond donors (Lipinski definition) is 0. The summed E-state index contributed by atoms with van der Waals surface area (Å²) in [6.45, 7) is 1.79. The maximum Gasteiger partial charge on any atom is 0.522 e. The van der Waals surface area contributed by atoms with Crippen molar-refractivity contribution in [3.8, 4) is 5.75 Å². The van der Waals surface area contributed by atoms with E-state index in [1.807, 2.05) is 0 Å². The van der Waals surface area contributed by atoms with E-state index >= 15 is 0 Å². The third-order valence-electron chi connectivity index (χ3n) is 3.77. The van der Waals surface area contributed by atoms with Gasteiger partial charge in [0.05, 0.1) is 12.0 Å². The zero-order chi connectivity index (χ0) is 15.5. The minimum absolute atomic E-state index is 0.278. The lowest BCUT2D eigenvalue weighted by Gasteiger charge is -2.24. The van der Waals surface area contributed by atoms with Crippen molar-refractivity contribution < 1.29 is 27.4 Å². The average Bonchev–Trinajstić information content (AvgIpc) is 2.80. The van der Waals surface area contributed by atoms with Crippen LogP contribution in [0.15, 0.2) is 30.3 Å². The highest BCUT2D eigenvalue weighted by Gasteiger charge is 2.47. The van der Waals surface area contributed by atoms with Crippen molar-refractivity contribution in [3.63, 3.8) is 0 Å². The SMILES string of the molecule is CCC1CCC(C(=O)Oc2ccccc2)C1OC(F)(F)F. The van der Waals surface area contributed by atoms with Crippen LogP contribution in [0.5, 0.6) is 5.75 Å². The van der Waals surface area contributed by atoms with Gasteiger partial charge in [0.15, 0.2) is 0 Å². The molecule has 1 saturated carbocycles. The molecule has 0 N–H and O–H groups in total. The predicted octanol–water partition coefficient (Wildman–Crippen LogP) is 3.93. The molecule has 3 atom stereocenters. The molecule has 0 heterocycles. The number of alkyl halides is 3. The van der Waals surface area contributed by atoms with Crippen molar-refractivity contribution in [2.75, 3.05) is 0 Å². The highest BCUT2D eigenvalue weighted by atomic mass is 19.4. The fourth-order valence-corrected chi connectivity index (χ4v) is 2.75. The Labute approximate surface area is 121 Å². The summed E-state index contributed by atoms with van der Waals surface area (Å²) in [6.07, 6.45) is -4.48. The highest BCUT2D eigenvalue weighted by molar-refractivity contribution is 5.76. The monoisotopic (exact) mass is 302 g/mol. The number of halogens is 3. The van der Waals surface area contributed by atoms with Gasteiger partial charge in [-0.3, -0.25) is 9.53 Å². The van der Waals surface area contributed by atoms with Crippen LogP contribution in [0.25, 0.3) is 0 Å². The summed E-state index contributed by atoms with van der Waals surface area (Å²) in [6, 6.07) is 8.31. The van der Waals surface area contributed by atoms with Crippen molar-refractivity contribution in [1.29, 1.82) is 0 Å². The summed E-state index contributed by atoms with van der Waals surface area (Å²) in [7, 11) is 0. The van der Waals surface area contributed by atoms with E-state index < -0.39 is 24.4 Å². The van der Waals surface area contributed by atoms with Crippen molar-refractivity contribution in [2.45, 2.75) is 38.7 Å². The number of rotatable bonds is 4. The van der Waals surface area contributed by atoms with Gasteiger partial charge in [-0.25, -0.2) is 0 Å². The van der Waals surface area contributed by atoms with Gasteiger partial charge >= 0.3 is 12.3 Å². The number of ether oxygens (including phenoxy) is 2. The predicted molar refractivity (Wildman–Crippen MR) is 69.5 cm³/mol. The number of carbonyl (C=O) groups excluding carboxylic acids is 1. The maximum absolute atomic E-state index is 12.5. The molecule has 1 aliphatic rings. The molecule has 3 unspecified atom stereocenters. The molecule has 2 rings (SSSR count). The molecule has 0 amide bonds. The largest absolute Gasteiger partial charge is 0.522 e. The summed E-state index contributed by atoms with van der Waals surface area (Å²) in [5, 5.41) is 0. The Morgan fingerprint density at radius 1 is 1.24 bits per heavy atom. The second kappa shape index (κ2) is 6.47. The molecule has 0 bridgehead atoms. The molecule has 21 heavy (non-hydrogen) atoms. The van der Waals surface area contributed by atoms with Gasteiger partial charge in [-0.15, -0.1) is 13.2 Å². The standard InChI is InChI=1S/C15H17F3O3/c1-2-10-8-9-12(13(10)21-15(16,17)18)14(19)20-11-6-4-3-5-7-11/h3-7,10,12-13H,2,8-9H2,1H3. The van der Waals surface area contributed by atoms with Crippen LogP contribution in [-0.2, 0) is 9.53 Å². The third-order valence-corrected chi connectivity index (χ3v) is 3.77. The van der Waals surface area contributed by atoms with E-state index in [0.29, 0.717) is 25.0 Å². The van der Waals surface area contributed by atoms with Crippen molar-refractivity contribution in [2.24, 2.45) is 11.8 Å². The fourth-order valence-electron chi connectivity index (χ4n) is 2.75. The molecule has 0 aromatic heterocycles. The Morgan fingerprint density at radius 3 is 2.48 bits per heavy atom. The molecule has 1 aromatic rings. The Hall–Kier alpha value is -1.56. The van der Waals surface area contributed by atoms with Crippen molar-refractivity contribution in [3.05, 3.63) is 30.3 Å². The Morgan fingerprint density at radius 2 is 1.90 bits per heavy atom. The minimum atomic E-state index is -4.74. The van der Waals surface area contributed by atoms with Gasteiger partial charge in [0, 0.05) is 0 Å². The van der Waals surface area contributed by atoms with Gasteiger partial charge in [0.1, 0.15) is 5.75 Å². The van der Waals surface area contributed by atoms with E-state index in [1.54, 1.807) is 37.3 Å². The van der Waals surface area contributed by atoms with Crippen LogP contribution >= 0.6 is 0 Å². The number of esters is 1. The number of hydrogen-bond acceptors (Lipinski definition) is 3. The molecule has 116 valence electrons. The minimum Gasteiger partial charge on any atom is -0.426 e. The van der Waals surface area contributed by atoms with Gasteiger partial charge in [-0.1, -0.05) is 31.5 Å². The molecule has 0 radical (unpaired) electrons. The first-order valence-electron chi connectivity index (χ1n) is 6.92. The fraction of sp³-hybridized carbons (Fsp3) is 0.533. The zero-order valence-electron chi connectivity index (χ0n) is 11.6. The van der Waals surface area contributed by atoms with Crippen LogP contribution in [0.3, 0.4) is 0 Å². The van der Waals surface area contributed by atoms with E-state index in [2.05, 4.69) is 4.74 Å². The molecule has 3 nitrogen and oxygen atoms in total. The second-order valence-corrected chi connectivity index (χ2v) is 5.11.